The lowest BCUT2D eigenvalue weighted by Gasteiger charge is -2.30. The second-order valence-corrected chi connectivity index (χ2v) is 5.84. The van der Waals surface area contributed by atoms with E-state index in [1.807, 2.05) is 30.3 Å². The van der Waals surface area contributed by atoms with Crippen LogP contribution in [0.5, 0.6) is 0 Å². The van der Waals surface area contributed by atoms with Gasteiger partial charge in [0.2, 0.25) is 5.91 Å². The van der Waals surface area contributed by atoms with Gasteiger partial charge in [0, 0.05) is 11.9 Å². The third-order valence-electron chi connectivity index (χ3n) is 3.26. The zero-order valence-corrected chi connectivity index (χ0v) is 13.1. The molecule has 1 heterocycles. The van der Waals surface area contributed by atoms with Crippen molar-refractivity contribution in [2.24, 2.45) is 5.73 Å². The van der Waals surface area contributed by atoms with E-state index in [1.165, 1.54) is 11.8 Å². The summed E-state index contributed by atoms with van der Waals surface area (Å²) in [5.41, 5.74) is 5.50. The molecule has 2 rings (SSSR count). The van der Waals surface area contributed by atoms with Crippen LogP contribution >= 0.6 is 23.4 Å². The minimum absolute atomic E-state index is 0.402. The van der Waals surface area contributed by atoms with Gasteiger partial charge in [0.15, 0.2) is 0 Å². The van der Waals surface area contributed by atoms with Crippen LogP contribution in [-0.2, 0) is 10.3 Å². The molecule has 6 heteroatoms. The lowest BCUT2D eigenvalue weighted by molar-refractivity contribution is -0.123. The Morgan fingerprint density at radius 3 is 2.62 bits per heavy atom. The van der Waals surface area contributed by atoms with Gasteiger partial charge in [0.1, 0.15) is 10.6 Å². The van der Waals surface area contributed by atoms with Crippen molar-refractivity contribution in [3.8, 4) is 0 Å². The standard InChI is InChI=1S/C15H16ClN3OS/c1-18-15(14(17)20,11-6-3-2-4-7-11)10-21-13-12(16)8-5-9-19-13/h2-9,18H,10H2,1H3,(H2,17,20). The smallest absolute Gasteiger partial charge is 0.243 e. The molecule has 1 amide bonds. The van der Waals surface area contributed by atoms with E-state index in [0.29, 0.717) is 15.8 Å². The molecule has 0 radical (unpaired) electrons. The number of carbonyl (C=O) groups is 1. The van der Waals surface area contributed by atoms with Crippen molar-refractivity contribution in [3.63, 3.8) is 0 Å². The van der Waals surface area contributed by atoms with Crippen molar-refractivity contribution in [3.05, 3.63) is 59.2 Å². The maximum Gasteiger partial charge on any atom is 0.243 e. The summed E-state index contributed by atoms with van der Waals surface area (Å²) in [7, 11) is 1.72. The normalized spacial score (nSPS) is 13.6. The van der Waals surface area contributed by atoms with Crippen LogP contribution in [0.25, 0.3) is 0 Å². The van der Waals surface area contributed by atoms with Gasteiger partial charge in [0.25, 0.3) is 0 Å². The molecule has 0 fully saturated rings. The van der Waals surface area contributed by atoms with Crippen molar-refractivity contribution in [2.45, 2.75) is 10.6 Å². The molecule has 0 saturated heterocycles. The topological polar surface area (TPSA) is 68.0 Å². The molecule has 1 atom stereocenters. The minimum Gasteiger partial charge on any atom is -0.368 e. The molecular weight excluding hydrogens is 306 g/mol. The number of carbonyl (C=O) groups excluding carboxylic acids is 1. The van der Waals surface area contributed by atoms with Gasteiger partial charge >= 0.3 is 0 Å². The number of nitrogens with one attached hydrogen (secondary N) is 1. The summed E-state index contributed by atoms with van der Waals surface area (Å²) in [6.45, 7) is 0. The molecule has 2 aromatic rings. The van der Waals surface area contributed by atoms with Crippen molar-refractivity contribution in [1.82, 2.24) is 10.3 Å². The van der Waals surface area contributed by atoms with E-state index in [4.69, 9.17) is 17.3 Å². The van der Waals surface area contributed by atoms with Crippen LogP contribution in [0.1, 0.15) is 5.56 Å². The molecule has 0 aliphatic heterocycles. The number of benzene rings is 1. The fourth-order valence-corrected chi connectivity index (χ4v) is 3.45. The van der Waals surface area contributed by atoms with E-state index in [-0.39, 0.29) is 0 Å². The predicted molar refractivity (Wildman–Crippen MR) is 86.3 cm³/mol. The first kappa shape index (κ1) is 15.8. The molecule has 0 spiro atoms. The summed E-state index contributed by atoms with van der Waals surface area (Å²) >= 11 is 7.50. The minimum atomic E-state index is -0.965. The summed E-state index contributed by atoms with van der Waals surface area (Å²) < 4.78 is 0. The third-order valence-corrected chi connectivity index (χ3v) is 4.86. The van der Waals surface area contributed by atoms with Crippen LogP contribution in [0.15, 0.2) is 53.7 Å². The van der Waals surface area contributed by atoms with Crippen molar-refractivity contribution < 1.29 is 4.79 Å². The summed E-state index contributed by atoms with van der Waals surface area (Å²) in [5, 5.41) is 4.29. The Balaban J connectivity index is 2.30. The molecule has 0 bridgehead atoms. The molecule has 4 nitrogen and oxygen atoms in total. The van der Waals surface area contributed by atoms with Crippen LogP contribution < -0.4 is 11.1 Å². The van der Waals surface area contributed by atoms with E-state index < -0.39 is 11.4 Å². The summed E-state index contributed by atoms with van der Waals surface area (Å²) in [5.74, 6) is -0.0321. The Labute approximate surface area is 133 Å². The van der Waals surface area contributed by atoms with E-state index in [0.717, 1.165) is 5.56 Å². The lowest BCUT2D eigenvalue weighted by Crippen LogP contribution is -2.53. The van der Waals surface area contributed by atoms with Gasteiger partial charge in [-0.05, 0) is 24.7 Å². The first-order valence-corrected chi connectivity index (χ1v) is 7.74. The highest BCUT2D eigenvalue weighted by atomic mass is 35.5. The number of halogens is 1. The van der Waals surface area contributed by atoms with E-state index >= 15 is 0 Å². The molecule has 110 valence electrons. The predicted octanol–water partition coefficient (Wildman–Crippen LogP) is 2.43. The van der Waals surface area contributed by atoms with E-state index in [1.54, 1.807) is 25.4 Å². The number of thioether (sulfide) groups is 1. The zero-order valence-electron chi connectivity index (χ0n) is 11.5. The highest BCUT2D eigenvalue weighted by molar-refractivity contribution is 7.99. The fourth-order valence-electron chi connectivity index (χ4n) is 2.01. The van der Waals surface area contributed by atoms with Gasteiger partial charge in [-0.2, -0.15) is 0 Å². The number of likely N-dealkylation sites (N-methyl/N-ethyl adjacent to an activating group) is 1. The molecule has 0 aliphatic carbocycles. The molecule has 0 saturated carbocycles. The third kappa shape index (κ3) is 3.37. The molecule has 3 N–H and O–H groups in total. The molecule has 21 heavy (non-hydrogen) atoms. The van der Waals surface area contributed by atoms with Gasteiger partial charge in [-0.15, -0.1) is 11.8 Å². The number of nitrogens with two attached hydrogens (primary N) is 1. The first-order valence-electron chi connectivity index (χ1n) is 6.38. The van der Waals surface area contributed by atoms with Crippen molar-refractivity contribution in [2.75, 3.05) is 12.8 Å². The molecule has 1 aromatic heterocycles. The second-order valence-electron chi connectivity index (χ2n) is 4.46. The number of nitrogens with zero attached hydrogens (tertiary/aromatic N) is 1. The summed E-state index contributed by atoms with van der Waals surface area (Å²) in [6.07, 6.45) is 1.67. The van der Waals surface area contributed by atoms with Crippen molar-refractivity contribution in [1.29, 1.82) is 0 Å². The van der Waals surface area contributed by atoms with Gasteiger partial charge in [-0.25, -0.2) is 4.98 Å². The van der Waals surface area contributed by atoms with Gasteiger partial charge < -0.3 is 11.1 Å². The highest BCUT2D eigenvalue weighted by Crippen LogP contribution is 2.31. The van der Waals surface area contributed by atoms with Crippen LogP contribution in [0, 0.1) is 0 Å². The number of rotatable bonds is 6. The lowest BCUT2D eigenvalue weighted by atomic mass is 9.91. The number of primary amides is 1. The van der Waals surface area contributed by atoms with E-state index in [2.05, 4.69) is 10.3 Å². The monoisotopic (exact) mass is 321 g/mol. The number of aromatic nitrogens is 1. The van der Waals surface area contributed by atoms with E-state index in [9.17, 15) is 4.79 Å². The Kier molecular flexibility index (Phi) is 5.22. The highest BCUT2D eigenvalue weighted by Gasteiger charge is 2.37. The maximum atomic E-state index is 12.1. The SMILES string of the molecule is CNC(CSc1ncccc1Cl)(C(N)=O)c1ccccc1. The zero-order chi connectivity index (χ0) is 15.3. The quantitative estimate of drug-likeness (QED) is 0.802. The molecule has 1 aromatic carbocycles. The van der Waals surface area contributed by atoms with Gasteiger partial charge in [-0.1, -0.05) is 41.9 Å². The van der Waals surface area contributed by atoms with Crippen molar-refractivity contribution >= 4 is 29.3 Å². The molecule has 0 aliphatic rings. The van der Waals surface area contributed by atoms with Crippen LogP contribution in [0.3, 0.4) is 0 Å². The number of hydrogen-bond acceptors (Lipinski definition) is 4. The average Bonchev–Trinajstić information content (AvgIpc) is 2.51. The molecule has 1 unspecified atom stereocenters. The summed E-state index contributed by atoms with van der Waals surface area (Å²) in [4.78, 5) is 16.3. The largest absolute Gasteiger partial charge is 0.368 e. The first-order chi connectivity index (χ1) is 10.1. The Morgan fingerprint density at radius 1 is 1.33 bits per heavy atom. The Hall–Kier alpha value is -1.56. The molecular formula is C15H16ClN3OS. The maximum absolute atomic E-state index is 12.1. The van der Waals surface area contributed by atoms with Gasteiger partial charge in [-0.3, -0.25) is 4.79 Å². The summed E-state index contributed by atoms with van der Waals surface area (Å²) in [6, 6.07) is 12.9. The second kappa shape index (κ2) is 6.93. The Bertz CT molecular complexity index is 623. The number of hydrogen-bond donors (Lipinski definition) is 2. The van der Waals surface area contributed by atoms with Crippen LogP contribution in [0.2, 0.25) is 5.02 Å². The van der Waals surface area contributed by atoms with Crippen LogP contribution in [0.4, 0.5) is 0 Å². The number of amides is 1. The Morgan fingerprint density at radius 2 is 2.05 bits per heavy atom. The average molecular weight is 322 g/mol. The fraction of sp³-hybridized carbons (Fsp3) is 0.200. The van der Waals surface area contributed by atoms with Gasteiger partial charge in [0.05, 0.1) is 5.02 Å². The number of pyridine rings is 1. The van der Waals surface area contributed by atoms with Crippen LogP contribution in [-0.4, -0.2) is 23.7 Å².